The Balaban J connectivity index is 2.16. The minimum atomic E-state index is 0.268. The van der Waals surface area contributed by atoms with Crippen LogP contribution in [-0.2, 0) is 6.42 Å². The molecule has 1 atom stereocenters. The molecule has 0 aliphatic heterocycles. The van der Waals surface area contributed by atoms with Gasteiger partial charge in [0.1, 0.15) is 0 Å². The molecule has 0 bridgehead atoms. The smallest absolute Gasteiger partial charge is 0.0453 e. The summed E-state index contributed by atoms with van der Waals surface area (Å²) in [5.41, 5.74) is 4.75. The lowest BCUT2D eigenvalue weighted by Crippen LogP contribution is -2.00. The number of rotatable bonds is 3. The van der Waals surface area contributed by atoms with E-state index in [1.165, 1.54) is 16.7 Å². The van der Waals surface area contributed by atoms with E-state index < -0.39 is 0 Å². The van der Waals surface area contributed by atoms with Gasteiger partial charge in [0, 0.05) is 28.2 Å². The van der Waals surface area contributed by atoms with E-state index in [1.807, 2.05) is 25.3 Å². The first-order chi connectivity index (χ1) is 8.56. The Bertz CT molecular complexity index is 537. The van der Waals surface area contributed by atoms with Crippen molar-refractivity contribution in [3.05, 3.63) is 63.9 Å². The summed E-state index contributed by atoms with van der Waals surface area (Å²) in [6.07, 6.45) is 2.78. The number of halogens is 2. The molecule has 0 amide bonds. The van der Waals surface area contributed by atoms with Crippen LogP contribution in [0.15, 0.2) is 36.5 Å². The molecule has 1 aromatic heterocycles. The maximum atomic E-state index is 5.97. The van der Waals surface area contributed by atoms with E-state index >= 15 is 0 Å². The average Bonchev–Trinajstić information content (AvgIpc) is 2.32. The number of hydrogen-bond donors (Lipinski definition) is 0. The average molecular weight is 325 g/mol. The monoisotopic (exact) mass is 323 g/mol. The lowest BCUT2D eigenvalue weighted by molar-refractivity contribution is 0.895. The van der Waals surface area contributed by atoms with Gasteiger partial charge in [0.15, 0.2) is 0 Å². The molecule has 1 nitrogen and oxygen atoms in total. The maximum Gasteiger partial charge on any atom is 0.0453 e. The summed E-state index contributed by atoms with van der Waals surface area (Å²) in [4.78, 5) is 4.70. The Labute approximate surface area is 121 Å². The molecule has 0 spiro atoms. The topological polar surface area (TPSA) is 12.9 Å². The number of hydrogen-bond acceptors (Lipinski definition) is 1. The Morgan fingerprint density at radius 2 is 2.00 bits per heavy atom. The molecule has 2 aromatic rings. The molecule has 0 fully saturated rings. The molecule has 0 aliphatic rings. The molecule has 18 heavy (non-hydrogen) atoms. The number of pyridine rings is 1. The third kappa shape index (κ3) is 3.33. The second-order valence-electron chi connectivity index (χ2n) is 4.50. The van der Waals surface area contributed by atoms with Gasteiger partial charge in [-0.2, -0.15) is 0 Å². The number of benzene rings is 1. The van der Waals surface area contributed by atoms with Crippen molar-refractivity contribution in [2.45, 2.75) is 25.1 Å². The molecule has 2 rings (SSSR count). The molecule has 0 N–H and O–H groups in total. The summed E-state index contributed by atoms with van der Waals surface area (Å²) in [5.74, 6) is 0. The fourth-order valence-electron chi connectivity index (χ4n) is 1.90. The van der Waals surface area contributed by atoms with E-state index in [-0.39, 0.29) is 4.83 Å². The predicted octanol–water partition coefficient (Wildman–Crippen LogP) is 5.03. The zero-order valence-corrected chi connectivity index (χ0v) is 12.8. The molecule has 1 unspecified atom stereocenters. The summed E-state index contributed by atoms with van der Waals surface area (Å²) in [5, 5.41) is 0.782. The Morgan fingerprint density at radius 1 is 1.22 bits per heavy atom. The summed E-state index contributed by atoms with van der Waals surface area (Å²) in [6, 6.07) is 10.2. The standard InChI is InChI=1S/C15H15BrClN/c1-10-3-5-13(18-9-10)8-15(16)14-6-4-12(17)7-11(14)2/h3-7,9,15H,8H2,1-2H3. The molecule has 0 aliphatic carbocycles. The molecule has 0 saturated heterocycles. The van der Waals surface area contributed by atoms with Crippen molar-refractivity contribution in [2.24, 2.45) is 0 Å². The minimum absolute atomic E-state index is 0.268. The Hall–Kier alpha value is -0.860. The van der Waals surface area contributed by atoms with Gasteiger partial charge in [-0.15, -0.1) is 0 Å². The first-order valence-electron chi connectivity index (χ1n) is 5.88. The normalized spacial score (nSPS) is 12.4. The van der Waals surface area contributed by atoms with Gasteiger partial charge in [-0.3, -0.25) is 4.98 Å². The van der Waals surface area contributed by atoms with Gasteiger partial charge in [-0.05, 0) is 48.7 Å². The van der Waals surface area contributed by atoms with Crippen LogP contribution in [0.5, 0.6) is 0 Å². The molecular weight excluding hydrogens is 310 g/mol. The van der Waals surface area contributed by atoms with Crippen molar-refractivity contribution in [1.82, 2.24) is 4.98 Å². The highest BCUT2D eigenvalue weighted by Crippen LogP contribution is 2.30. The fourth-order valence-corrected chi connectivity index (χ4v) is 2.98. The first kappa shape index (κ1) is 13.6. The van der Waals surface area contributed by atoms with Crippen molar-refractivity contribution in [3.8, 4) is 0 Å². The number of aryl methyl sites for hydroxylation is 2. The first-order valence-corrected chi connectivity index (χ1v) is 7.17. The molecule has 0 radical (unpaired) electrons. The van der Waals surface area contributed by atoms with Crippen molar-refractivity contribution in [1.29, 1.82) is 0 Å². The van der Waals surface area contributed by atoms with Crippen molar-refractivity contribution >= 4 is 27.5 Å². The van der Waals surface area contributed by atoms with Crippen LogP contribution in [0.4, 0.5) is 0 Å². The van der Waals surface area contributed by atoms with Gasteiger partial charge in [-0.1, -0.05) is 39.7 Å². The van der Waals surface area contributed by atoms with Crippen molar-refractivity contribution in [2.75, 3.05) is 0 Å². The van der Waals surface area contributed by atoms with Gasteiger partial charge in [0.25, 0.3) is 0 Å². The van der Waals surface area contributed by atoms with E-state index in [9.17, 15) is 0 Å². The number of nitrogens with zero attached hydrogens (tertiary/aromatic N) is 1. The summed E-state index contributed by atoms with van der Waals surface area (Å²) in [7, 11) is 0. The van der Waals surface area contributed by atoms with E-state index in [2.05, 4.69) is 46.0 Å². The number of aromatic nitrogens is 1. The van der Waals surface area contributed by atoms with Crippen LogP contribution >= 0.6 is 27.5 Å². The largest absolute Gasteiger partial charge is 0.261 e. The van der Waals surface area contributed by atoms with E-state index in [4.69, 9.17) is 11.6 Å². The fraction of sp³-hybridized carbons (Fsp3) is 0.267. The van der Waals surface area contributed by atoms with Gasteiger partial charge in [0.05, 0.1) is 0 Å². The number of alkyl halides is 1. The molecule has 0 saturated carbocycles. The zero-order chi connectivity index (χ0) is 13.1. The lowest BCUT2D eigenvalue weighted by atomic mass is 10.0. The van der Waals surface area contributed by atoms with Crippen molar-refractivity contribution in [3.63, 3.8) is 0 Å². The molecule has 94 valence electrons. The van der Waals surface area contributed by atoms with Crippen LogP contribution < -0.4 is 0 Å². The van der Waals surface area contributed by atoms with Gasteiger partial charge >= 0.3 is 0 Å². The summed E-state index contributed by atoms with van der Waals surface area (Å²) >= 11 is 9.71. The van der Waals surface area contributed by atoms with Crippen molar-refractivity contribution < 1.29 is 0 Å². The van der Waals surface area contributed by atoms with Crippen LogP contribution in [0.3, 0.4) is 0 Å². The lowest BCUT2D eigenvalue weighted by Gasteiger charge is -2.13. The van der Waals surface area contributed by atoms with E-state index in [1.54, 1.807) is 0 Å². The maximum absolute atomic E-state index is 5.97. The predicted molar refractivity (Wildman–Crippen MR) is 80.5 cm³/mol. The van der Waals surface area contributed by atoms with Crippen LogP contribution in [0.1, 0.15) is 27.2 Å². The second-order valence-corrected chi connectivity index (χ2v) is 6.04. The molecule has 1 heterocycles. The highest BCUT2D eigenvalue weighted by molar-refractivity contribution is 9.09. The quantitative estimate of drug-likeness (QED) is 0.722. The zero-order valence-electron chi connectivity index (χ0n) is 10.5. The van der Waals surface area contributed by atoms with Crippen LogP contribution in [0, 0.1) is 13.8 Å². The Morgan fingerprint density at radius 3 is 2.61 bits per heavy atom. The molecule has 1 aromatic carbocycles. The SMILES string of the molecule is Cc1ccc(CC(Br)c2ccc(Cl)cc2C)nc1. The highest BCUT2D eigenvalue weighted by atomic mass is 79.9. The summed E-state index contributed by atoms with van der Waals surface area (Å²) < 4.78 is 0. The third-order valence-corrected chi connectivity index (χ3v) is 3.98. The minimum Gasteiger partial charge on any atom is -0.261 e. The third-order valence-electron chi connectivity index (χ3n) is 2.93. The summed E-state index contributed by atoms with van der Waals surface area (Å²) in [6.45, 7) is 4.13. The van der Waals surface area contributed by atoms with Gasteiger partial charge in [0.2, 0.25) is 0 Å². The van der Waals surface area contributed by atoms with E-state index in [0.717, 1.165) is 17.1 Å². The van der Waals surface area contributed by atoms with Gasteiger partial charge in [-0.25, -0.2) is 0 Å². The van der Waals surface area contributed by atoms with Crippen LogP contribution in [0.25, 0.3) is 0 Å². The van der Waals surface area contributed by atoms with Crippen LogP contribution in [-0.4, -0.2) is 4.98 Å². The molecule has 3 heteroatoms. The van der Waals surface area contributed by atoms with Gasteiger partial charge < -0.3 is 0 Å². The van der Waals surface area contributed by atoms with E-state index in [0.29, 0.717) is 0 Å². The molecular formula is C15H15BrClN. The second kappa shape index (κ2) is 5.85. The van der Waals surface area contributed by atoms with Crippen LogP contribution in [0.2, 0.25) is 5.02 Å². The Kier molecular flexibility index (Phi) is 4.41. The highest BCUT2D eigenvalue weighted by Gasteiger charge is 2.12.